The van der Waals surface area contributed by atoms with E-state index in [0.717, 1.165) is 28.6 Å². The van der Waals surface area contributed by atoms with Crippen molar-refractivity contribution in [3.05, 3.63) is 22.7 Å². The van der Waals surface area contributed by atoms with E-state index in [0.29, 0.717) is 6.79 Å². The molecule has 4 heteroatoms. The fraction of sp³-hybridized carbons (Fsp3) is 0.500. The summed E-state index contributed by atoms with van der Waals surface area (Å²) in [5, 5.41) is 0.774. The van der Waals surface area contributed by atoms with Gasteiger partial charge < -0.3 is 9.47 Å². The summed E-state index contributed by atoms with van der Waals surface area (Å²) in [5.41, 5.74) is 1.13. The van der Waals surface area contributed by atoms with Gasteiger partial charge in [0.1, 0.15) is 0 Å². The van der Waals surface area contributed by atoms with Crippen LogP contribution >= 0.6 is 11.6 Å². The van der Waals surface area contributed by atoms with Crippen LogP contribution in [0.15, 0.2) is 12.1 Å². The summed E-state index contributed by atoms with van der Waals surface area (Å²) in [5.74, 6) is 1.58. The molecule has 0 amide bonds. The lowest BCUT2D eigenvalue weighted by Crippen LogP contribution is -2.18. The summed E-state index contributed by atoms with van der Waals surface area (Å²) in [7, 11) is 0. The Kier molecular flexibility index (Phi) is 2.65. The zero-order valence-corrected chi connectivity index (χ0v) is 9.79. The van der Waals surface area contributed by atoms with Crippen molar-refractivity contribution in [3.63, 3.8) is 0 Å². The first-order chi connectivity index (χ1) is 7.83. The monoisotopic (exact) mass is 239 g/mol. The molecule has 1 saturated heterocycles. The quantitative estimate of drug-likeness (QED) is 0.792. The average molecular weight is 240 g/mol. The zero-order valence-electron chi connectivity index (χ0n) is 9.04. The Hall–Kier alpha value is -0.930. The van der Waals surface area contributed by atoms with E-state index in [9.17, 15) is 0 Å². The van der Waals surface area contributed by atoms with Crippen LogP contribution in [0.5, 0.6) is 11.5 Å². The summed E-state index contributed by atoms with van der Waals surface area (Å²) in [6.07, 6.45) is 2.59. The molecule has 1 fully saturated rings. The third kappa shape index (κ3) is 1.85. The number of hydrogen-bond acceptors (Lipinski definition) is 3. The van der Waals surface area contributed by atoms with Crippen molar-refractivity contribution >= 4 is 11.6 Å². The number of nitrogens with zero attached hydrogens (tertiary/aromatic N) is 1. The maximum atomic E-state index is 6.22. The number of halogens is 1. The lowest BCUT2D eigenvalue weighted by atomic mass is 10.2. The van der Waals surface area contributed by atoms with E-state index in [2.05, 4.69) is 4.90 Å². The third-order valence-corrected chi connectivity index (χ3v) is 3.49. The molecule has 0 atom stereocenters. The Morgan fingerprint density at radius 3 is 2.56 bits per heavy atom. The van der Waals surface area contributed by atoms with Crippen LogP contribution in [0.4, 0.5) is 0 Å². The normalized spacial score (nSPS) is 19.3. The predicted octanol–water partition coefficient (Wildman–Crippen LogP) is 2.66. The van der Waals surface area contributed by atoms with E-state index in [1.807, 2.05) is 12.1 Å². The average Bonchev–Trinajstić information content (AvgIpc) is 2.89. The van der Waals surface area contributed by atoms with Crippen LogP contribution in [0.2, 0.25) is 5.02 Å². The van der Waals surface area contributed by atoms with E-state index in [4.69, 9.17) is 21.1 Å². The Balaban J connectivity index is 1.83. The second-order valence-corrected chi connectivity index (χ2v) is 4.69. The molecular formula is C12H14ClNO2. The van der Waals surface area contributed by atoms with Gasteiger partial charge in [0.25, 0.3) is 0 Å². The van der Waals surface area contributed by atoms with Crippen LogP contribution in [-0.4, -0.2) is 24.8 Å². The molecule has 0 saturated carbocycles. The van der Waals surface area contributed by atoms with Gasteiger partial charge in [-0.25, -0.2) is 0 Å². The Morgan fingerprint density at radius 1 is 1.12 bits per heavy atom. The largest absolute Gasteiger partial charge is 0.454 e. The van der Waals surface area contributed by atoms with Gasteiger partial charge in [-0.1, -0.05) is 11.6 Å². The molecular weight excluding hydrogens is 226 g/mol. The predicted molar refractivity (Wildman–Crippen MR) is 62.1 cm³/mol. The molecule has 3 rings (SSSR count). The number of rotatable bonds is 2. The molecule has 1 aromatic rings. The van der Waals surface area contributed by atoms with Gasteiger partial charge in [-0.05, 0) is 37.6 Å². The molecule has 86 valence electrons. The first-order valence-corrected chi connectivity index (χ1v) is 6.01. The summed E-state index contributed by atoms with van der Waals surface area (Å²) in [6.45, 7) is 3.56. The Bertz CT molecular complexity index is 402. The lowest BCUT2D eigenvalue weighted by Gasteiger charge is -2.15. The minimum atomic E-state index is 0.304. The topological polar surface area (TPSA) is 21.7 Å². The molecule has 0 unspecified atom stereocenters. The van der Waals surface area contributed by atoms with E-state index in [1.54, 1.807) is 0 Å². The standard InChI is InChI=1S/C12H14ClNO2/c13-10-6-12-11(15-8-16-12)5-9(10)7-14-3-1-2-4-14/h5-6H,1-4,7-8H2. The van der Waals surface area contributed by atoms with E-state index >= 15 is 0 Å². The highest BCUT2D eigenvalue weighted by Gasteiger charge is 2.19. The molecule has 1 aromatic carbocycles. The second kappa shape index (κ2) is 4.15. The van der Waals surface area contributed by atoms with Crippen molar-refractivity contribution in [1.82, 2.24) is 4.90 Å². The molecule has 0 aliphatic carbocycles. The highest BCUT2D eigenvalue weighted by Crippen LogP contribution is 2.37. The van der Waals surface area contributed by atoms with Gasteiger partial charge in [-0.15, -0.1) is 0 Å². The number of hydrogen-bond donors (Lipinski definition) is 0. The summed E-state index contributed by atoms with van der Waals surface area (Å²) >= 11 is 6.22. The zero-order chi connectivity index (χ0) is 11.0. The van der Waals surface area contributed by atoms with Gasteiger partial charge >= 0.3 is 0 Å². The molecule has 16 heavy (non-hydrogen) atoms. The van der Waals surface area contributed by atoms with Crippen LogP contribution in [0, 0.1) is 0 Å². The third-order valence-electron chi connectivity index (χ3n) is 3.13. The highest BCUT2D eigenvalue weighted by molar-refractivity contribution is 6.31. The van der Waals surface area contributed by atoms with Gasteiger partial charge in [0.05, 0.1) is 0 Å². The van der Waals surface area contributed by atoms with Crippen LogP contribution in [0.3, 0.4) is 0 Å². The van der Waals surface area contributed by atoms with Crippen molar-refractivity contribution < 1.29 is 9.47 Å². The fourth-order valence-electron chi connectivity index (χ4n) is 2.26. The number of benzene rings is 1. The molecule has 0 radical (unpaired) electrons. The van der Waals surface area contributed by atoms with E-state index in [-0.39, 0.29) is 0 Å². The van der Waals surface area contributed by atoms with Crippen molar-refractivity contribution in [2.45, 2.75) is 19.4 Å². The van der Waals surface area contributed by atoms with Crippen LogP contribution in [-0.2, 0) is 6.54 Å². The molecule has 0 N–H and O–H groups in total. The second-order valence-electron chi connectivity index (χ2n) is 4.28. The first kappa shape index (κ1) is 10.2. The Morgan fingerprint density at radius 2 is 1.81 bits per heavy atom. The maximum Gasteiger partial charge on any atom is 0.231 e. The van der Waals surface area contributed by atoms with E-state index in [1.165, 1.54) is 25.9 Å². The molecule has 2 aliphatic heterocycles. The summed E-state index contributed by atoms with van der Waals surface area (Å²) < 4.78 is 10.6. The molecule has 2 heterocycles. The molecule has 0 aromatic heterocycles. The van der Waals surface area contributed by atoms with Gasteiger partial charge in [-0.2, -0.15) is 0 Å². The number of likely N-dealkylation sites (tertiary alicyclic amines) is 1. The van der Waals surface area contributed by atoms with Crippen molar-refractivity contribution in [3.8, 4) is 11.5 Å². The van der Waals surface area contributed by atoms with Gasteiger partial charge in [-0.3, -0.25) is 4.90 Å². The van der Waals surface area contributed by atoms with Crippen molar-refractivity contribution in [2.75, 3.05) is 19.9 Å². The summed E-state index contributed by atoms with van der Waals surface area (Å²) in [4.78, 5) is 2.42. The molecule has 0 bridgehead atoms. The lowest BCUT2D eigenvalue weighted by molar-refractivity contribution is 0.174. The van der Waals surface area contributed by atoms with Crippen molar-refractivity contribution in [2.24, 2.45) is 0 Å². The number of fused-ring (bicyclic) bond motifs is 1. The molecule has 3 nitrogen and oxygen atoms in total. The highest BCUT2D eigenvalue weighted by atomic mass is 35.5. The fourth-order valence-corrected chi connectivity index (χ4v) is 2.48. The van der Waals surface area contributed by atoms with E-state index < -0.39 is 0 Å². The summed E-state index contributed by atoms with van der Waals surface area (Å²) in [6, 6.07) is 3.86. The minimum absolute atomic E-state index is 0.304. The number of ether oxygens (including phenoxy) is 2. The van der Waals surface area contributed by atoms with Crippen molar-refractivity contribution in [1.29, 1.82) is 0 Å². The SMILES string of the molecule is Clc1cc2c(cc1CN1CCCC1)OCO2. The molecule has 2 aliphatic rings. The Labute approximate surface area is 99.9 Å². The van der Waals surface area contributed by atoms with Gasteiger partial charge in [0, 0.05) is 17.6 Å². The maximum absolute atomic E-state index is 6.22. The van der Waals surface area contributed by atoms with Crippen LogP contribution in [0.1, 0.15) is 18.4 Å². The molecule has 0 spiro atoms. The van der Waals surface area contributed by atoms with Gasteiger partial charge in [0.2, 0.25) is 6.79 Å². The minimum Gasteiger partial charge on any atom is -0.454 e. The van der Waals surface area contributed by atoms with Crippen LogP contribution in [0.25, 0.3) is 0 Å². The smallest absolute Gasteiger partial charge is 0.231 e. The van der Waals surface area contributed by atoms with Crippen LogP contribution < -0.4 is 9.47 Å². The first-order valence-electron chi connectivity index (χ1n) is 5.63. The van der Waals surface area contributed by atoms with Gasteiger partial charge in [0.15, 0.2) is 11.5 Å².